The van der Waals surface area contributed by atoms with Crippen molar-refractivity contribution in [1.29, 1.82) is 0 Å². The summed E-state index contributed by atoms with van der Waals surface area (Å²) in [7, 11) is 0. The monoisotopic (exact) mass is 504 g/mol. The number of pyridine rings is 1. The van der Waals surface area contributed by atoms with Gasteiger partial charge in [-0.3, -0.25) is 9.78 Å². The van der Waals surface area contributed by atoms with E-state index >= 15 is 0 Å². The third-order valence-electron chi connectivity index (χ3n) is 8.00. The van der Waals surface area contributed by atoms with E-state index in [0.717, 1.165) is 73.9 Å². The van der Waals surface area contributed by atoms with Gasteiger partial charge in [-0.15, -0.1) is 0 Å². The molecule has 0 radical (unpaired) electrons. The van der Waals surface area contributed by atoms with Crippen molar-refractivity contribution in [2.24, 2.45) is 0 Å². The molecule has 5 rings (SSSR count). The topological polar surface area (TPSA) is 96.2 Å². The molecule has 198 valence electrons. The Bertz CT molecular complexity index is 1240. The fourth-order valence-corrected chi connectivity index (χ4v) is 6.13. The van der Waals surface area contributed by atoms with Gasteiger partial charge in [-0.05, 0) is 77.0 Å². The van der Waals surface area contributed by atoms with Crippen molar-refractivity contribution in [3.05, 3.63) is 47.0 Å². The van der Waals surface area contributed by atoms with Gasteiger partial charge in [0.1, 0.15) is 5.65 Å². The Hall–Kier alpha value is -3.00. The number of aryl methyl sites for hydroxylation is 2. The molecule has 1 unspecified atom stereocenters. The molecule has 1 aliphatic carbocycles. The summed E-state index contributed by atoms with van der Waals surface area (Å²) in [5.41, 5.74) is 4.65. The highest BCUT2D eigenvalue weighted by Crippen LogP contribution is 2.38. The summed E-state index contributed by atoms with van der Waals surface area (Å²) >= 11 is 0. The zero-order valence-corrected chi connectivity index (χ0v) is 22.6. The molecule has 8 nitrogen and oxygen atoms in total. The fourth-order valence-electron chi connectivity index (χ4n) is 6.13. The number of aliphatic hydroxyl groups excluding tert-OH is 1. The van der Waals surface area contributed by atoms with E-state index < -0.39 is 0 Å². The lowest BCUT2D eigenvalue weighted by molar-refractivity contribution is 0.0790. The first-order valence-corrected chi connectivity index (χ1v) is 13.9. The quantitative estimate of drug-likeness (QED) is 0.462. The lowest BCUT2D eigenvalue weighted by Gasteiger charge is -2.27. The third-order valence-corrected chi connectivity index (χ3v) is 8.00. The van der Waals surface area contributed by atoms with Crippen molar-refractivity contribution in [2.75, 3.05) is 18.4 Å². The van der Waals surface area contributed by atoms with Crippen molar-refractivity contribution in [3.63, 3.8) is 0 Å². The number of nitrogens with zero attached hydrogens (tertiary/aromatic N) is 5. The van der Waals surface area contributed by atoms with Crippen LogP contribution in [0.5, 0.6) is 0 Å². The summed E-state index contributed by atoms with van der Waals surface area (Å²) < 4.78 is 2.33. The zero-order valence-electron chi connectivity index (χ0n) is 22.6. The van der Waals surface area contributed by atoms with Crippen LogP contribution in [-0.4, -0.2) is 60.7 Å². The van der Waals surface area contributed by atoms with Gasteiger partial charge in [-0.2, -0.15) is 4.98 Å². The number of nitrogens with one attached hydrogen (secondary N) is 1. The number of aromatic nitrogens is 4. The van der Waals surface area contributed by atoms with Crippen molar-refractivity contribution in [3.8, 4) is 0 Å². The van der Waals surface area contributed by atoms with Crippen molar-refractivity contribution < 1.29 is 9.90 Å². The highest BCUT2D eigenvalue weighted by Gasteiger charge is 2.32. The third kappa shape index (κ3) is 5.49. The Labute approximate surface area is 219 Å². The molecular weight excluding hydrogens is 464 g/mol. The number of fused-ring (bicyclic) bond motifs is 1. The molecule has 0 spiro atoms. The molecule has 3 aromatic heterocycles. The lowest BCUT2D eigenvalue weighted by atomic mass is 9.93. The van der Waals surface area contributed by atoms with Crippen LogP contribution in [0.3, 0.4) is 0 Å². The Morgan fingerprint density at radius 3 is 2.57 bits per heavy atom. The molecule has 3 aromatic rings. The number of rotatable bonds is 7. The molecule has 0 bridgehead atoms. The van der Waals surface area contributed by atoms with Gasteiger partial charge in [0.2, 0.25) is 5.95 Å². The normalized spacial score (nSPS) is 22.9. The summed E-state index contributed by atoms with van der Waals surface area (Å²) in [6.07, 6.45) is 10.7. The number of aliphatic hydroxyl groups is 1. The Morgan fingerprint density at radius 1 is 1.14 bits per heavy atom. The molecule has 1 saturated carbocycles. The van der Waals surface area contributed by atoms with E-state index in [2.05, 4.69) is 39.9 Å². The minimum atomic E-state index is -0.200. The average molecular weight is 505 g/mol. The lowest BCUT2D eigenvalue weighted by Crippen LogP contribution is -2.28. The van der Waals surface area contributed by atoms with Crippen LogP contribution in [-0.2, 0) is 0 Å². The first-order chi connectivity index (χ1) is 17.8. The number of hydrogen-bond donors (Lipinski definition) is 2. The largest absolute Gasteiger partial charge is 0.393 e. The second kappa shape index (κ2) is 10.8. The molecular formula is C29H40N6O2. The maximum atomic E-state index is 13.3. The van der Waals surface area contributed by atoms with Crippen LogP contribution in [0.4, 0.5) is 5.95 Å². The van der Waals surface area contributed by atoms with Gasteiger partial charge in [0, 0.05) is 65.8 Å². The molecule has 2 fully saturated rings. The summed E-state index contributed by atoms with van der Waals surface area (Å²) in [4.78, 5) is 29.4. The SMILES string of the molecule is CCC[C@H](C)Nc1ncc2c(C3CCN(C(=O)c4cc(C)nc(C)c4)C3)cn([C@H]3CC[C@H](O)CC3)c2n1. The van der Waals surface area contributed by atoms with Gasteiger partial charge < -0.3 is 19.9 Å². The van der Waals surface area contributed by atoms with E-state index in [9.17, 15) is 9.90 Å². The van der Waals surface area contributed by atoms with Gasteiger partial charge in [0.05, 0.1) is 6.10 Å². The maximum absolute atomic E-state index is 13.3. The van der Waals surface area contributed by atoms with Gasteiger partial charge in [-0.25, -0.2) is 4.98 Å². The summed E-state index contributed by atoms with van der Waals surface area (Å²) in [6, 6.07) is 4.39. The Kier molecular flexibility index (Phi) is 7.47. The van der Waals surface area contributed by atoms with E-state index in [-0.39, 0.29) is 17.9 Å². The number of likely N-dealkylation sites (tertiary alicyclic amines) is 1. The second-order valence-corrected chi connectivity index (χ2v) is 11.1. The molecule has 2 N–H and O–H groups in total. The highest BCUT2D eigenvalue weighted by atomic mass is 16.3. The molecule has 1 saturated heterocycles. The molecule has 37 heavy (non-hydrogen) atoms. The predicted octanol–water partition coefficient (Wildman–Crippen LogP) is 5.15. The molecule has 8 heteroatoms. The summed E-state index contributed by atoms with van der Waals surface area (Å²) in [6.45, 7) is 9.64. The van der Waals surface area contributed by atoms with Crippen LogP contribution in [0, 0.1) is 13.8 Å². The van der Waals surface area contributed by atoms with E-state index in [4.69, 9.17) is 4.98 Å². The van der Waals surface area contributed by atoms with E-state index in [1.807, 2.05) is 37.1 Å². The molecule has 1 aliphatic heterocycles. The predicted molar refractivity (Wildman–Crippen MR) is 146 cm³/mol. The smallest absolute Gasteiger partial charge is 0.254 e. The van der Waals surface area contributed by atoms with Gasteiger partial charge in [-0.1, -0.05) is 13.3 Å². The first-order valence-electron chi connectivity index (χ1n) is 13.9. The number of carbonyl (C=O) groups excluding carboxylic acids is 1. The summed E-state index contributed by atoms with van der Waals surface area (Å²) in [5.74, 6) is 0.989. The standard InChI is InChI=1S/C29H40N6O2/c1-5-6-18(2)32-29-30-15-25-26(17-35(27(25)33-29)23-7-9-24(36)10-8-23)21-11-12-34(16-21)28(37)22-13-19(3)31-20(4)14-22/h13-15,17-18,21,23-24,36H,5-12,16H2,1-4H3,(H,30,32,33)/t18-,21?,23-,24-/m0/s1. The van der Waals surface area contributed by atoms with Crippen LogP contribution < -0.4 is 5.32 Å². The number of carbonyl (C=O) groups is 1. The Balaban J connectivity index is 1.44. The molecule has 1 amide bonds. The van der Waals surface area contributed by atoms with Crippen molar-refractivity contribution in [1.82, 2.24) is 24.4 Å². The van der Waals surface area contributed by atoms with Gasteiger partial charge in [0.15, 0.2) is 0 Å². The minimum Gasteiger partial charge on any atom is -0.393 e. The van der Waals surface area contributed by atoms with Crippen LogP contribution in [0.25, 0.3) is 11.0 Å². The highest BCUT2D eigenvalue weighted by molar-refractivity contribution is 5.94. The minimum absolute atomic E-state index is 0.0776. The van der Waals surface area contributed by atoms with E-state index in [1.165, 1.54) is 5.56 Å². The molecule has 4 heterocycles. The van der Waals surface area contributed by atoms with Crippen LogP contribution >= 0.6 is 0 Å². The van der Waals surface area contributed by atoms with Crippen LogP contribution in [0.2, 0.25) is 0 Å². The van der Waals surface area contributed by atoms with Gasteiger partial charge >= 0.3 is 0 Å². The number of amides is 1. The zero-order chi connectivity index (χ0) is 26.1. The maximum Gasteiger partial charge on any atom is 0.254 e. The van der Waals surface area contributed by atoms with E-state index in [1.54, 1.807) is 0 Å². The average Bonchev–Trinajstić information content (AvgIpc) is 3.49. The fraction of sp³-hybridized carbons (Fsp3) is 0.586. The van der Waals surface area contributed by atoms with Gasteiger partial charge in [0.25, 0.3) is 5.91 Å². The number of hydrogen-bond acceptors (Lipinski definition) is 6. The molecule has 2 aliphatic rings. The van der Waals surface area contributed by atoms with Crippen molar-refractivity contribution >= 4 is 22.9 Å². The first kappa shape index (κ1) is 25.6. The Morgan fingerprint density at radius 2 is 1.86 bits per heavy atom. The second-order valence-electron chi connectivity index (χ2n) is 11.1. The summed E-state index contributed by atoms with van der Waals surface area (Å²) in [5, 5.41) is 14.6. The van der Waals surface area contributed by atoms with E-state index in [0.29, 0.717) is 30.1 Å². The van der Waals surface area contributed by atoms with Crippen LogP contribution in [0.1, 0.15) is 98.1 Å². The molecule has 0 aromatic carbocycles. The van der Waals surface area contributed by atoms with Crippen LogP contribution in [0.15, 0.2) is 24.5 Å². The van der Waals surface area contributed by atoms with Crippen molar-refractivity contribution in [2.45, 2.75) is 96.7 Å². The molecule has 2 atom stereocenters. The number of anilines is 1.